The molecule has 0 spiro atoms. The Morgan fingerprint density at radius 1 is 1.30 bits per heavy atom. The quantitative estimate of drug-likeness (QED) is 0.780. The van der Waals surface area contributed by atoms with E-state index >= 15 is 0 Å². The van der Waals surface area contributed by atoms with Crippen molar-refractivity contribution in [2.75, 3.05) is 13.1 Å². The van der Waals surface area contributed by atoms with Gasteiger partial charge in [0.15, 0.2) is 0 Å². The summed E-state index contributed by atoms with van der Waals surface area (Å²) in [5.74, 6) is 2.50. The van der Waals surface area contributed by atoms with Gasteiger partial charge in [-0.1, -0.05) is 31.9 Å². The Labute approximate surface area is 123 Å². The Morgan fingerprint density at radius 3 is 2.80 bits per heavy atom. The first-order valence-electron chi connectivity index (χ1n) is 8.28. The minimum absolute atomic E-state index is 0.773. The van der Waals surface area contributed by atoms with Crippen LogP contribution >= 0.6 is 0 Å². The van der Waals surface area contributed by atoms with Crippen LogP contribution in [0.25, 0.3) is 0 Å². The lowest BCUT2D eigenvalue weighted by Crippen LogP contribution is -2.34. The fourth-order valence-electron chi connectivity index (χ4n) is 3.54. The molecule has 20 heavy (non-hydrogen) atoms. The van der Waals surface area contributed by atoms with E-state index in [0.717, 1.165) is 36.4 Å². The van der Waals surface area contributed by atoms with Gasteiger partial charge >= 0.3 is 0 Å². The van der Waals surface area contributed by atoms with Crippen molar-refractivity contribution < 1.29 is 0 Å². The molecule has 3 unspecified atom stereocenters. The fourth-order valence-corrected chi connectivity index (χ4v) is 3.54. The number of aromatic nitrogens is 3. The molecule has 0 bridgehead atoms. The van der Waals surface area contributed by atoms with E-state index in [2.05, 4.69) is 35.7 Å². The third-order valence-corrected chi connectivity index (χ3v) is 4.78. The van der Waals surface area contributed by atoms with Crippen molar-refractivity contribution in [3.8, 4) is 0 Å². The van der Waals surface area contributed by atoms with Gasteiger partial charge in [-0.25, -0.2) is 0 Å². The van der Waals surface area contributed by atoms with Crippen molar-refractivity contribution in [1.29, 1.82) is 0 Å². The van der Waals surface area contributed by atoms with Crippen LogP contribution in [0, 0.1) is 17.8 Å². The van der Waals surface area contributed by atoms with Crippen LogP contribution in [0.5, 0.6) is 0 Å². The highest BCUT2D eigenvalue weighted by Crippen LogP contribution is 2.36. The topological polar surface area (TPSA) is 42.7 Å². The molecule has 0 saturated heterocycles. The highest BCUT2D eigenvalue weighted by atomic mass is 15.4. The van der Waals surface area contributed by atoms with E-state index in [4.69, 9.17) is 0 Å². The molecule has 0 amide bonds. The Balaban J connectivity index is 1.94. The second-order valence-electron chi connectivity index (χ2n) is 6.40. The predicted molar refractivity (Wildman–Crippen MR) is 82.5 cm³/mol. The molecule has 1 heterocycles. The van der Waals surface area contributed by atoms with Gasteiger partial charge in [0.05, 0.1) is 5.69 Å². The number of hydrogen-bond acceptors (Lipinski definition) is 3. The molecule has 3 atom stereocenters. The van der Waals surface area contributed by atoms with Gasteiger partial charge in [-0.2, -0.15) is 0 Å². The highest BCUT2D eigenvalue weighted by molar-refractivity contribution is 4.96. The summed E-state index contributed by atoms with van der Waals surface area (Å²) in [6, 6.07) is 0. The molecule has 1 aromatic rings. The van der Waals surface area contributed by atoms with E-state index in [9.17, 15) is 0 Å². The van der Waals surface area contributed by atoms with Gasteiger partial charge in [-0.15, -0.1) is 5.10 Å². The smallest absolute Gasteiger partial charge is 0.0829 e. The van der Waals surface area contributed by atoms with E-state index in [0.29, 0.717) is 0 Å². The normalized spacial score (nSPS) is 26.9. The maximum absolute atomic E-state index is 4.28. The molecule has 1 aromatic heterocycles. The van der Waals surface area contributed by atoms with Crippen molar-refractivity contribution >= 4 is 0 Å². The molecule has 4 heteroatoms. The van der Waals surface area contributed by atoms with Crippen LogP contribution in [0.15, 0.2) is 6.20 Å². The molecule has 2 rings (SSSR count). The van der Waals surface area contributed by atoms with E-state index in [-0.39, 0.29) is 0 Å². The summed E-state index contributed by atoms with van der Waals surface area (Å²) in [4.78, 5) is 0. The van der Waals surface area contributed by atoms with Crippen molar-refractivity contribution in [2.45, 2.75) is 52.4 Å². The molecule has 4 nitrogen and oxygen atoms in total. The monoisotopic (exact) mass is 278 g/mol. The van der Waals surface area contributed by atoms with E-state index in [1.165, 1.54) is 38.6 Å². The number of nitrogens with zero attached hydrogens (tertiary/aromatic N) is 3. The molecule has 0 aliphatic heterocycles. The molecular weight excluding hydrogens is 248 g/mol. The summed E-state index contributed by atoms with van der Waals surface area (Å²) in [6.45, 7) is 6.89. The Morgan fingerprint density at radius 2 is 2.15 bits per heavy atom. The Hall–Kier alpha value is -0.900. The van der Waals surface area contributed by atoms with Crippen molar-refractivity contribution in [2.24, 2.45) is 24.8 Å². The van der Waals surface area contributed by atoms with Crippen LogP contribution in [0.3, 0.4) is 0 Å². The average Bonchev–Trinajstić information content (AvgIpc) is 2.86. The summed E-state index contributed by atoms with van der Waals surface area (Å²) in [5, 5.41) is 12.0. The minimum atomic E-state index is 0.773. The summed E-state index contributed by atoms with van der Waals surface area (Å²) >= 11 is 0. The maximum atomic E-state index is 4.28. The van der Waals surface area contributed by atoms with Gasteiger partial charge in [0.2, 0.25) is 0 Å². The molecule has 1 saturated carbocycles. The fraction of sp³-hybridized carbons (Fsp3) is 0.875. The lowest BCUT2D eigenvalue weighted by molar-refractivity contribution is 0.170. The van der Waals surface area contributed by atoms with Gasteiger partial charge in [-0.05, 0) is 56.5 Å². The zero-order valence-corrected chi connectivity index (χ0v) is 13.3. The minimum Gasteiger partial charge on any atom is -0.316 e. The lowest BCUT2D eigenvalue weighted by Gasteiger charge is -2.36. The Bertz CT molecular complexity index is 386. The first kappa shape index (κ1) is 15.5. The van der Waals surface area contributed by atoms with Crippen LogP contribution in [0.1, 0.15) is 51.6 Å². The number of nitrogens with one attached hydrogen (secondary N) is 1. The zero-order chi connectivity index (χ0) is 14.4. The number of rotatable bonds is 7. The molecule has 1 aliphatic rings. The third kappa shape index (κ3) is 4.30. The molecule has 114 valence electrons. The van der Waals surface area contributed by atoms with E-state index in [1.54, 1.807) is 0 Å². The molecule has 1 fully saturated rings. The van der Waals surface area contributed by atoms with E-state index < -0.39 is 0 Å². The van der Waals surface area contributed by atoms with Crippen LogP contribution in [0.4, 0.5) is 0 Å². The largest absolute Gasteiger partial charge is 0.316 e. The molecular formula is C16H30N4. The molecule has 0 aromatic carbocycles. The first-order chi connectivity index (χ1) is 9.72. The summed E-state index contributed by atoms with van der Waals surface area (Å²) < 4.78 is 1.82. The van der Waals surface area contributed by atoms with Gasteiger partial charge in [0.25, 0.3) is 0 Å². The van der Waals surface area contributed by atoms with Crippen LogP contribution < -0.4 is 5.32 Å². The van der Waals surface area contributed by atoms with E-state index in [1.807, 2.05) is 11.7 Å². The van der Waals surface area contributed by atoms with Crippen LogP contribution in [0.2, 0.25) is 0 Å². The molecule has 1 N–H and O–H groups in total. The standard InChI is InChI=1S/C16H30N4/c1-4-8-17-11-14-7-6-13(5-2)9-15(14)10-16-12-20(3)19-18-16/h12-15,17H,4-11H2,1-3H3. The van der Waals surface area contributed by atoms with Crippen molar-refractivity contribution in [3.05, 3.63) is 11.9 Å². The second kappa shape index (κ2) is 7.77. The maximum Gasteiger partial charge on any atom is 0.0829 e. The van der Waals surface area contributed by atoms with Gasteiger partial charge in [0.1, 0.15) is 0 Å². The van der Waals surface area contributed by atoms with Crippen molar-refractivity contribution in [3.63, 3.8) is 0 Å². The SMILES string of the molecule is CCCNCC1CCC(CC)CC1Cc1cn(C)nn1. The van der Waals surface area contributed by atoms with Gasteiger partial charge < -0.3 is 5.32 Å². The zero-order valence-electron chi connectivity index (χ0n) is 13.3. The summed E-state index contributed by atoms with van der Waals surface area (Å²) in [7, 11) is 1.95. The van der Waals surface area contributed by atoms with Crippen LogP contribution in [-0.2, 0) is 13.5 Å². The van der Waals surface area contributed by atoms with Crippen LogP contribution in [-0.4, -0.2) is 28.1 Å². The summed E-state index contributed by atoms with van der Waals surface area (Å²) in [6.07, 6.45) is 9.87. The average molecular weight is 278 g/mol. The lowest BCUT2D eigenvalue weighted by atomic mass is 9.71. The highest BCUT2D eigenvalue weighted by Gasteiger charge is 2.30. The second-order valence-corrected chi connectivity index (χ2v) is 6.40. The van der Waals surface area contributed by atoms with Crippen molar-refractivity contribution in [1.82, 2.24) is 20.3 Å². The van der Waals surface area contributed by atoms with Gasteiger partial charge in [0, 0.05) is 13.2 Å². The predicted octanol–water partition coefficient (Wildman–Crippen LogP) is 2.80. The molecule has 0 radical (unpaired) electrons. The number of aryl methyl sites for hydroxylation is 1. The first-order valence-corrected chi connectivity index (χ1v) is 8.28. The third-order valence-electron chi connectivity index (χ3n) is 4.78. The molecule has 1 aliphatic carbocycles. The number of hydrogen-bond donors (Lipinski definition) is 1. The summed E-state index contributed by atoms with van der Waals surface area (Å²) in [5.41, 5.74) is 1.16. The van der Waals surface area contributed by atoms with Gasteiger partial charge in [-0.3, -0.25) is 4.68 Å². The Kier molecular flexibility index (Phi) is 6.02.